The fourth-order valence-corrected chi connectivity index (χ4v) is 1.80. The van der Waals surface area contributed by atoms with Crippen molar-refractivity contribution in [1.29, 1.82) is 0 Å². The fraction of sp³-hybridized carbons (Fsp3) is 0.455. The van der Waals surface area contributed by atoms with Crippen molar-refractivity contribution in [2.45, 2.75) is 18.5 Å². The van der Waals surface area contributed by atoms with Gasteiger partial charge in [-0.05, 0) is 29.9 Å². The molecule has 1 aromatic carbocycles. The van der Waals surface area contributed by atoms with Gasteiger partial charge >= 0.3 is 6.18 Å². The monoisotopic (exact) mass is 216 g/mol. The van der Waals surface area contributed by atoms with E-state index in [9.17, 15) is 13.2 Å². The first-order valence-corrected chi connectivity index (χ1v) is 4.80. The number of hydrogen-bond donors (Lipinski definition) is 1. The summed E-state index contributed by atoms with van der Waals surface area (Å²) in [5.74, 6) is 0.255. The van der Waals surface area contributed by atoms with Gasteiger partial charge in [0.2, 0.25) is 0 Å². The van der Waals surface area contributed by atoms with E-state index in [-0.39, 0.29) is 18.4 Å². The molecule has 0 saturated heterocycles. The van der Waals surface area contributed by atoms with Gasteiger partial charge in [0, 0.05) is 6.61 Å². The zero-order valence-corrected chi connectivity index (χ0v) is 7.96. The van der Waals surface area contributed by atoms with Crippen LogP contribution in [0.3, 0.4) is 0 Å². The number of alkyl halides is 3. The molecule has 2 rings (SSSR count). The number of rotatable bonds is 2. The molecule has 1 aromatic rings. The Hall–Kier alpha value is -1.03. The highest BCUT2D eigenvalue weighted by atomic mass is 19.4. The fourth-order valence-electron chi connectivity index (χ4n) is 1.80. The Bertz CT molecular complexity index is 359. The van der Waals surface area contributed by atoms with E-state index in [1.165, 1.54) is 12.1 Å². The number of aliphatic hydroxyl groups is 1. The molecule has 0 radical (unpaired) electrons. The van der Waals surface area contributed by atoms with Gasteiger partial charge in [0.15, 0.2) is 0 Å². The molecule has 1 N–H and O–H groups in total. The van der Waals surface area contributed by atoms with Crippen LogP contribution in [0.15, 0.2) is 24.3 Å². The summed E-state index contributed by atoms with van der Waals surface area (Å²) >= 11 is 0. The second-order valence-electron chi connectivity index (χ2n) is 3.91. The van der Waals surface area contributed by atoms with Crippen molar-refractivity contribution in [3.63, 3.8) is 0 Å². The molecule has 1 saturated carbocycles. The summed E-state index contributed by atoms with van der Waals surface area (Å²) in [6.07, 6.45) is -3.49. The summed E-state index contributed by atoms with van der Waals surface area (Å²) in [6, 6.07) is 5.36. The predicted octanol–water partition coefficient (Wildman–Crippen LogP) is 2.80. The van der Waals surface area contributed by atoms with E-state index in [4.69, 9.17) is 5.11 Å². The summed E-state index contributed by atoms with van der Waals surface area (Å²) in [5, 5.41) is 8.84. The van der Waals surface area contributed by atoms with Crippen molar-refractivity contribution in [3.8, 4) is 0 Å². The van der Waals surface area contributed by atoms with Crippen LogP contribution in [0.1, 0.15) is 23.5 Å². The molecular formula is C11H11F3O. The van der Waals surface area contributed by atoms with E-state index in [0.717, 1.165) is 12.5 Å². The van der Waals surface area contributed by atoms with Crippen molar-refractivity contribution in [2.24, 2.45) is 5.92 Å². The quantitative estimate of drug-likeness (QED) is 0.805. The Balaban J connectivity index is 2.21. The molecule has 0 bridgehead atoms. The maximum Gasteiger partial charge on any atom is 0.416 e. The highest BCUT2D eigenvalue weighted by Gasteiger charge is 2.39. The Morgan fingerprint density at radius 2 is 2.07 bits per heavy atom. The largest absolute Gasteiger partial charge is 0.416 e. The molecule has 2 atom stereocenters. The third-order valence-electron chi connectivity index (χ3n) is 2.80. The normalized spacial score (nSPS) is 25.3. The number of benzene rings is 1. The van der Waals surface area contributed by atoms with Gasteiger partial charge in [0.1, 0.15) is 0 Å². The predicted molar refractivity (Wildman–Crippen MR) is 49.4 cm³/mol. The van der Waals surface area contributed by atoms with E-state index in [1.54, 1.807) is 6.07 Å². The van der Waals surface area contributed by atoms with Crippen LogP contribution in [0.25, 0.3) is 0 Å². The van der Waals surface area contributed by atoms with E-state index in [0.29, 0.717) is 5.56 Å². The Morgan fingerprint density at radius 3 is 2.60 bits per heavy atom. The minimum atomic E-state index is -4.28. The first-order chi connectivity index (χ1) is 7.02. The van der Waals surface area contributed by atoms with Crippen molar-refractivity contribution in [3.05, 3.63) is 35.4 Å². The molecule has 15 heavy (non-hydrogen) atoms. The second kappa shape index (κ2) is 3.52. The molecule has 82 valence electrons. The molecule has 4 heteroatoms. The molecule has 1 nitrogen and oxygen atoms in total. The molecule has 0 aliphatic heterocycles. The maximum atomic E-state index is 12.4. The van der Waals surface area contributed by atoms with Gasteiger partial charge in [-0.3, -0.25) is 0 Å². The van der Waals surface area contributed by atoms with Crippen LogP contribution < -0.4 is 0 Å². The lowest BCUT2D eigenvalue weighted by Crippen LogP contribution is -2.05. The molecule has 0 spiro atoms. The van der Waals surface area contributed by atoms with Crippen LogP contribution in [0.4, 0.5) is 13.2 Å². The van der Waals surface area contributed by atoms with E-state index in [2.05, 4.69) is 0 Å². The van der Waals surface area contributed by atoms with Gasteiger partial charge in [-0.25, -0.2) is 0 Å². The summed E-state index contributed by atoms with van der Waals surface area (Å²) in [5.41, 5.74) is 0.0764. The van der Waals surface area contributed by atoms with Crippen molar-refractivity contribution >= 4 is 0 Å². The number of hydrogen-bond acceptors (Lipinski definition) is 1. The zero-order valence-electron chi connectivity index (χ0n) is 7.96. The minimum absolute atomic E-state index is 0.0565. The molecule has 1 aliphatic carbocycles. The third kappa shape index (κ3) is 2.15. The summed E-state index contributed by atoms with van der Waals surface area (Å²) in [4.78, 5) is 0. The lowest BCUT2D eigenvalue weighted by atomic mass is 10.1. The molecule has 1 aliphatic rings. The highest BCUT2D eigenvalue weighted by Crippen LogP contribution is 2.47. The smallest absolute Gasteiger partial charge is 0.396 e. The van der Waals surface area contributed by atoms with Crippen LogP contribution >= 0.6 is 0 Å². The topological polar surface area (TPSA) is 20.2 Å². The van der Waals surface area contributed by atoms with Crippen LogP contribution in [-0.4, -0.2) is 11.7 Å². The SMILES string of the molecule is OCC1CC1c1cccc(C(F)(F)F)c1. The molecule has 0 heterocycles. The molecule has 2 unspecified atom stereocenters. The second-order valence-corrected chi connectivity index (χ2v) is 3.91. The Kier molecular flexibility index (Phi) is 2.46. The average Bonchev–Trinajstić information content (AvgIpc) is 2.95. The summed E-state index contributed by atoms with van der Waals surface area (Å²) in [7, 11) is 0. The van der Waals surface area contributed by atoms with Crippen LogP contribution in [0.5, 0.6) is 0 Å². The van der Waals surface area contributed by atoms with Crippen LogP contribution in [-0.2, 0) is 6.18 Å². The Labute approximate surface area is 85.5 Å². The van der Waals surface area contributed by atoms with E-state index >= 15 is 0 Å². The average molecular weight is 216 g/mol. The third-order valence-corrected chi connectivity index (χ3v) is 2.80. The highest BCUT2D eigenvalue weighted by molar-refractivity contribution is 5.31. The van der Waals surface area contributed by atoms with E-state index in [1.807, 2.05) is 0 Å². The maximum absolute atomic E-state index is 12.4. The zero-order chi connectivity index (χ0) is 11.1. The van der Waals surface area contributed by atoms with Crippen molar-refractivity contribution in [2.75, 3.05) is 6.61 Å². The summed E-state index contributed by atoms with van der Waals surface area (Å²) < 4.78 is 37.1. The van der Waals surface area contributed by atoms with E-state index < -0.39 is 11.7 Å². The molecular weight excluding hydrogens is 205 g/mol. The standard InChI is InChI=1S/C11H11F3O/c12-11(13,14)9-3-1-2-7(4-9)10-5-8(10)6-15/h1-4,8,10,15H,5-6H2. The number of aliphatic hydroxyl groups excluding tert-OH is 1. The lowest BCUT2D eigenvalue weighted by molar-refractivity contribution is -0.137. The minimum Gasteiger partial charge on any atom is -0.396 e. The van der Waals surface area contributed by atoms with Gasteiger partial charge in [-0.15, -0.1) is 0 Å². The van der Waals surface area contributed by atoms with Crippen LogP contribution in [0.2, 0.25) is 0 Å². The van der Waals surface area contributed by atoms with Crippen molar-refractivity contribution in [1.82, 2.24) is 0 Å². The molecule has 0 amide bonds. The Morgan fingerprint density at radius 1 is 1.33 bits per heavy atom. The first-order valence-electron chi connectivity index (χ1n) is 4.80. The first kappa shape index (κ1) is 10.5. The van der Waals surface area contributed by atoms with Gasteiger partial charge in [-0.2, -0.15) is 13.2 Å². The van der Waals surface area contributed by atoms with Gasteiger partial charge in [0.05, 0.1) is 5.56 Å². The summed E-state index contributed by atoms with van der Waals surface area (Å²) in [6.45, 7) is 0.0565. The van der Waals surface area contributed by atoms with Crippen LogP contribution in [0, 0.1) is 5.92 Å². The van der Waals surface area contributed by atoms with Crippen molar-refractivity contribution < 1.29 is 18.3 Å². The lowest BCUT2D eigenvalue weighted by Gasteiger charge is -2.08. The van der Waals surface area contributed by atoms with Gasteiger partial charge in [0.25, 0.3) is 0 Å². The van der Waals surface area contributed by atoms with Gasteiger partial charge < -0.3 is 5.11 Å². The van der Waals surface area contributed by atoms with Gasteiger partial charge in [-0.1, -0.05) is 18.2 Å². The number of halogens is 3. The molecule has 0 aromatic heterocycles. The molecule has 1 fully saturated rings.